The average Bonchev–Trinajstić information content (AvgIpc) is 2.76. The molecule has 0 saturated heterocycles. The largest absolute Gasteiger partial charge is 0.508 e. The van der Waals surface area contributed by atoms with Crippen LogP contribution in [0.15, 0.2) is 18.2 Å². The Kier molecular flexibility index (Phi) is 1.97. The van der Waals surface area contributed by atoms with E-state index in [2.05, 4.69) is 0 Å². The number of phenols is 1. The maximum atomic E-state index is 9.26. The van der Waals surface area contributed by atoms with Crippen LogP contribution in [0.1, 0.15) is 18.4 Å². The van der Waals surface area contributed by atoms with E-state index in [4.69, 9.17) is 17.3 Å². The molecule has 1 aromatic rings. The van der Waals surface area contributed by atoms with Gasteiger partial charge in [0, 0.05) is 10.6 Å². The average molecular weight is 198 g/mol. The Morgan fingerprint density at radius 2 is 2.15 bits per heavy atom. The third-order valence-corrected chi connectivity index (χ3v) is 2.83. The van der Waals surface area contributed by atoms with Gasteiger partial charge in [-0.25, -0.2) is 0 Å². The number of nitrogens with two attached hydrogens (primary N) is 1. The summed E-state index contributed by atoms with van der Waals surface area (Å²) in [5.41, 5.74) is 6.85. The van der Waals surface area contributed by atoms with E-state index in [1.165, 1.54) is 0 Å². The van der Waals surface area contributed by atoms with Gasteiger partial charge in [0.2, 0.25) is 0 Å². The molecular formula is C10H12ClNO. The van der Waals surface area contributed by atoms with Crippen molar-refractivity contribution in [2.75, 3.05) is 0 Å². The van der Waals surface area contributed by atoms with E-state index < -0.39 is 0 Å². The molecule has 0 aliphatic heterocycles. The molecule has 0 unspecified atom stereocenters. The molecule has 0 spiro atoms. The molecule has 0 aromatic heterocycles. The number of aromatic hydroxyl groups is 1. The van der Waals surface area contributed by atoms with Gasteiger partial charge < -0.3 is 10.8 Å². The van der Waals surface area contributed by atoms with Crippen LogP contribution in [0.4, 0.5) is 0 Å². The predicted molar refractivity (Wildman–Crippen MR) is 53.0 cm³/mol. The second kappa shape index (κ2) is 2.89. The number of rotatable bonds is 2. The molecule has 1 aliphatic carbocycles. The normalized spacial score (nSPS) is 18.6. The highest BCUT2D eigenvalue weighted by atomic mass is 35.5. The smallest absolute Gasteiger partial charge is 0.115 e. The van der Waals surface area contributed by atoms with E-state index in [1.54, 1.807) is 18.2 Å². The van der Waals surface area contributed by atoms with Crippen molar-refractivity contribution in [1.29, 1.82) is 0 Å². The molecule has 3 N–H and O–H groups in total. The van der Waals surface area contributed by atoms with Crippen molar-refractivity contribution >= 4 is 11.6 Å². The molecule has 0 bridgehead atoms. The number of benzene rings is 1. The lowest BCUT2D eigenvalue weighted by Crippen LogP contribution is -2.24. The second-order valence-electron chi connectivity index (χ2n) is 3.81. The van der Waals surface area contributed by atoms with Crippen LogP contribution < -0.4 is 5.73 Å². The molecule has 1 aromatic carbocycles. The first-order valence-corrected chi connectivity index (χ1v) is 4.73. The van der Waals surface area contributed by atoms with Crippen LogP contribution in [0.5, 0.6) is 5.75 Å². The lowest BCUT2D eigenvalue weighted by atomic mass is 10.0. The van der Waals surface area contributed by atoms with Crippen molar-refractivity contribution in [3.8, 4) is 5.75 Å². The number of hydrogen-bond acceptors (Lipinski definition) is 2. The van der Waals surface area contributed by atoms with Crippen molar-refractivity contribution < 1.29 is 5.11 Å². The van der Waals surface area contributed by atoms with E-state index in [0.29, 0.717) is 5.02 Å². The lowest BCUT2D eigenvalue weighted by Gasteiger charge is -2.10. The van der Waals surface area contributed by atoms with Crippen LogP contribution in [-0.2, 0) is 6.42 Å². The summed E-state index contributed by atoms with van der Waals surface area (Å²) in [4.78, 5) is 0. The molecule has 2 rings (SSSR count). The van der Waals surface area contributed by atoms with Crippen LogP contribution >= 0.6 is 11.6 Å². The summed E-state index contributed by atoms with van der Waals surface area (Å²) in [7, 11) is 0. The topological polar surface area (TPSA) is 46.2 Å². The first-order chi connectivity index (χ1) is 6.09. The Labute approximate surface area is 82.3 Å². The Hall–Kier alpha value is -0.730. The molecule has 2 nitrogen and oxygen atoms in total. The van der Waals surface area contributed by atoms with Gasteiger partial charge in [-0.15, -0.1) is 0 Å². The van der Waals surface area contributed by atoms with E-state index in [9.17, 15) is 5.11 Å². The molecule has 0 radical (unpaired) electrons. The van der Waals surface area contributed by atoms with Crippen molar-refractivity contribution in [1.82, 2.24) is 0 Å². The Bertz CT molecular complexity index is 334. The summed E-state index contributed by atoms with van der Waals surface area (Å²) < 4.78 is 0. The zero-order valence-electron chi connectivity index (χ0n) is 7.26. The lowest BCUT2D eigenvalue weighted by molar-refractivity contribution is 0.474. The minimum atomic E-state index is -0.0581. The summed E-state index contributed by atoms with van der Waals surface area (Å²) >= 11 is 5.96. The monoisotopic (exact) mass is 197 g/mol. The standard InChI is InChI=1S/C10H12ClNO/c11-9-2-1-8(13)5-7(9)6-10(12)3-4-10/h1-2,5,13H,3-4,6,12H2. The van der Waals surface area contributed by atoms with Gasteiger partial charge in [0.05, 0.1) is 0 Å². The van der Waals surface area contributed by atoms with Crippen LogP contribution in [0, 0.1) is 0 Å². The molecule has 1 aliphatic rings. The van der Waals surface area contributed by atoms with E-state index in [1.807, 2.05) is 0 Å². The van der Waals surface area contributed by atoms with Gasteiger partial charge in [0.15, 0.2) is 0 Å². The Morgan fingerprint density at radius 1 is 1.46 bits per heavy atom. The maximum Gasteiger partial charge on any atom is 0.115 e. The Balaban J connectivity index is 2.23. The van der Waals surface area contributed by atoms with Crippen molar-refractivity contribution in [3.63, 3.8) is 0 Å². The highest BCUT2D eigenvalue weighted by Gasteiger charge is 2.38. The van der Waals surface area contributed by atoms with Crippen LogP contribution in [0.2, 0.25) is 5.02 Å². The third-order valence-electron chi connectivity index (χ3n) is 2.46. The SMILES string of the molecule is NC1(Cc2cc(O)ccc2Cl)CC1. The summed E-state index contributed by atoms with van der Waals surface area (Å²) in [6.45, 7) is 0. The molecule has 0 atom stereocenters. The van der Waals surface area contributed by atoms with E-state index in [-0.39, 0.29) is 11.3 Å². The van der Waals surface area contributed by atoms with Gasteiger partial charge >= 0.3 is 0 Å². The van der Waals surface area contributed by atoms with Gasteiger partial charge in [-0.3, -0.25) is 0 Å². The molecule has 0 heterocycles. The first kappa shape index (κ1) is 8.85. The highest BCUT2D eigenvalue weighted by Crippen LogP contribution is 2.37. The van der Waals surface area contributed by atoms with E-state index >= 15 is 0 Å². The van der Waals surface area contributed by atoms with Gasteiger partial charge in [-0.1, -0.05) is 11.6 Å². The fraction of sp³-hybridized carbons (Fsp3) is 0.400. The predicted octanol–water partition coefficient (Wildman–Crippen LogP) is 2.08. The highest BCUT2D eigenvalue weighted by molar-refractivity contribution is 6.31. The van der Waals surface area contributed by atoms with Crippen LogP contribution in [0.3, 0.4) is 0 Å². The molecule has 0 amide bonds. The number of hydrogen-bond donors (Lipinski definition) is 2. The third kappa shape index (κ3) is 1.95. The zero-order valence-corrected chi connectivity index (χ0v) is 8.01. The van der Waals surface area contributed by atoms with Crippen molar-refractivity contribution in [2.24, 2.45) is 5.73 Å². The quantitative estimate of drug-likeness (QED) is 0.763. The van der Waals surface area contributed by atoms with Crippen LogP contribution in [0.25, 0.3) is 0 Å². The number of halogens is 1. The summed E-state index contributed by atoms with van der Waals surface area (Å²) in [6, 6.07) is 4.98. The molecule has 3 heteroatoms. The molecule has 1 saturated carbocycles. The Morgan fingerprint density at radius 3 is 2.77 bits per heavy atom. The number of phenolic OH excluding ortho intramolecular Hbond substituents is 1. The summed E-state index contributed by atoms with van der Waals surface area (Å²) in [5, 5.41) is 9.94. The fourth-order valence-electron chi connectivity index (χ4n) is 1.41. The molecular weight excluding hydrogens is 186 g/mol. The molecule has 70 valence electrons. The minimum absolute atomic E-state index is 0.0581. The molecule has 13 heavy (non-hydrogen) atoms. The summed E-state index contributed by atoms with van der Waals surface area (Å²) in [6.07, 6.45) is 2.87. The van der Waals surface area contributed by atoms with Crippen molar-refractivity contribution in [3.05, 3.63) is 28.8 Å². The minimum Gasteiger partial charge on any atom is -0.508 e. The summed E-state index contributed by atoms with van der Waals surface area (Å²) in [5.74, 6) is 0.253. The second-order valence-corrected chi connectivity index (χ2v) is 4.22. The first-order valence-electron chi connectivity index (χ1n) is 4.35. The van der Waals surface area contributed by atoms with Crippen LogP contribution in [-0.4, -0.2) is 10.6 Å². The zero-order chi connectivity index (χ0) is 9.47. The van der Waals surface area contributed by atoms with Gasteiger partial charge in [0.1, 0.15) is 5.75 Å². The van der Waals surface area contributed by atoms with E-state index in [0.717, 1.165) is 24.8 Å². The van der Waals surface area contributed by atoms with Gasteiger partial charge in [0.25, 0.3) is 0 Å². The van der Waals surface area contributed by atoms with Crippen molar-refractivity contribution in [2.45, 2.75) is 24.8 Å². The fourth-order valence-corrected chi connectivity index (χ4v) is 1.60. The van der Waals surface area contributed by atoms with Gasteiger partial charge in [-0.2, -0.15) is 0 Å². The molecule has 1 fully saturated rings. The maximum absolute atomic E-state index is 9.26. The van der Waals surface area contributed by atoms with Gasteiger partial charge in [-0.05, 0) is 43.0 Å².